The molecule has 1 aromatic heterocycles. The molecule has 1 heterocycles. The summed E-state index contributed by atoms with van der Waals surface area (Å²) in [6, 6.07) is 6.37. The lowest BCUT2D eigenvalue weighted by molar-refractivity contribution is -0.141. The van der Waals surface area contributed by atoms with E-state index in [1.165, 1.54) is 5.56 Å². The highest BCUT2D eigenvalue weighted by molar-refractivity contribution is 5.59. The van der Waals surface area contributed by atoms with Gasteiger partial charge in [0.05, 0.1) is 0 Å². The first-order valence-electron chi connectivity index (χ1n) is 6.31. The first-order valence-corrected chi connectivity index (χ1v) is 6.31. The second-order valence-electron chi connectivity index (χ2n) is 4.67. The van der Waals surface area contributed by atoms with Gasteiger partial charge in [-0.2, -0.15) is 13.2 Å². The van der Waals surface area contributed by atoms with Crippen LogP contribution < -0.4 is 0 Å². The molecule has 2 nitrogen and oxygen atoms in total. The van der Waals surface area contributed by atoms with E-state index in [0.717, 1.165) is 37.1 Å². The van der Waals surface area contributed by atoms with E-state index >= 15 is 0 Å². The predicted molar refractivity (Wildman–Crippen MR) is 67.8 cm³/mol. The lowest BCUT2D eigenvalue weighted by Gasteiger charge is -2.15. The molecule has 20 heavy (non-hydrogen) atoms. The summed E-state index contributed by atoms with van der Waals surface area (Å²) in [5, 5.41) is 0. The van der Waals surface area contributed by atoms with E-state index in [2.05, 4.69) is 16.4 Å². The summed E-state index contributed by atoms with van der Waals surface area (Å²) in [7, 11) is 0. The number of nitrogens with zero attached hydrogens (tertiary/aromatic N) is 2. The molecule has 0 spiro atoms. The Labute approximate surface area is 114 Å². The Kier molecular flexibility index (Phi) is 3.20. The number of rotatable bonds is 1. The zero-order valence-corrected chi connectivity index (χ0v) is 10.5. The van der Waals surface area contributed by atoms with Crippen molar-refractivity contribution in [2.24, 2.45) is 0 Å². The fraction of sp³-hybridized carbons (Fsp3) is 0.267. The van der Waals surface area contributed by atoms with Gasteiger partial charge in [0.25, 0.3) is 0 Å². The van der Waals surface area contributed by atoms with E-state index in [9.17, 15) is 13.2 Å². The molecule has 0 saturated heterocycles. The maximum absolute atomic E-state index is 12.7. The Balaban J connectivity index is 2.01. The monoisotopic (exact) mass is 276 g/mol. The Morgan fingerprint density at radius 2 is 2.00 bits per heavy atom. The van der Waals surface area contributed by atoms with E-state index in [0.29, 0.717) is 5.56 Å². The number of halogens is 3. The third kappa shape index (κ3) is 2.53. The summed E-state index contributed by atoms with van der Waals surface area (Å²) in [4.78, 5) is 7.53. The molecule has 1 aromatic carbocycles. The Hall–Kier alpha value is -1.91. The smallest absolute Gasteiger partial charge is 0.237 e. The van der Waals surface area contributed by atoms with Crippen molar-refractivity contribution in [3.63, 3.8) is 0 Å². The van der Waals surface area contributed by atoms with Gasteiger partial charge in [0.2, 0.25) is 0 Å². The van der Waals surface area contributed by atoms with Crippen molar-refractivity contribution >= 4 is 0 Å². The number of benzene rings is 1. The van der Waals surface area contributed by atoms with E-state index in [4.69, 9.17) is 0 Å². The Morgan fingerprint density at radius 3 is 2.80 bits per heavy atom. The van der Waals surface area contributed by atoms with Gasteiger partial charge in [0.1, 0.15) is 5.69 Å². The SMILES string of the molecule is FC(F)(F)c1ccnc(-c2ccc3c(c2)[C]CCC3)n1. The lowest BCUT2D eigenvalue weighted by Crippen LogP contribution is -2.09. The molecular formula is C15H11F3N2. The Morgan fingerprint density at radius 1 is 1.15 bits per heavy atom. The van der Waals surface area contributed by atoms with Gasteiger partial charge in [-0.05, 0) is 42.5 Å². The van der Waals surface area contributed by atoms with Gasteiger partial charge >= 0.3 is 6.18 Å². The van der Waals surface area contributed by atoms with Crippen LogP contribution in [0.15, 0.2) is 30.5 Å². The van der Waals surface area contributed by atoms with Gasteiger partial charge in [0.15, 0.2) is 5.82 Å². The molecule has 0 amide bonds. The van der Waals surface area contributed by atoms with Crippen molar-refractivity contribution in [2.45, 2.75) is 25.4 Å². The lowest BCUT2D eigenvalue weighted by atomic mass is 9.90. The minimum Gasteiger partial charge on any atom is -0.237 e. The Bertz CT molecular complexity index is 635. The second-order valence-corrected chi connectivity index (χ2v) is 4.67. The number of fused-ring (bicyclic) bond motifs is 1. The highest BCUT2D eigenvalue weighted by Gasteiger charge is 2.32. The number of alkyl halides is 3. The van der Waals surface area contributed by atoms with E-state index < -0.39 is 11.9 Å². The molecule has 2 aromatic rings. The summed E-state index contributed by atoms with van der Waals surface area (Å²) >= 11 is 0. The largest absolute Gasteiger partial charge is 0.433 e. The highest BCUT2D eigenvalue weighted by Crippen LogP contribution is 2.30. The molecule has 0 bridgehead atoms. The number of hydrogen-bond acceptors (Lipinski definition) is 2. The van der Waals surface area contributed by atoms with Crippen LogP contribution in [0.3, 0.4) is 0 Å². The minimum atomic E-state index is -4.45. The maximum Gasteiger partial charge on any atom is 0.433 e. The molecule has 0 atom stereocenters. The summed E-state index contributed by atoms with van der Waals surface area (Å²) in [5.74, 6) is 0.0926. The van der Waals surface area contributed by atoms with Crippen LogP contribution in [-0.2, 0) is 12.6 Å². The first-order chi connectivity index (χ1) is 9.54. The van der Waals surface area contributed by atoms with E-state index in [-0.39, 0.29) is 5.82 Å². The van der Waals surface area contributed by atoms with Crippen LogP contribution in [0.1, 0.15) is 29.7 Å². The number of aryl methyl sites for hydroxylation is 1. The predicted octanol–water partition coefficient (Wildman–Crippen LogP) is 3.93. The van der Waals surface area contributed by atoms with Crippen LogP contribution in [0.5, 0.6) is 0 Å². The topological polar surface area (TPSA) is 25.8 Å². The third-order valence-electron chi connectivity index (χ3n) is 3.25. The van der Waals surface area contributed by atoms with Gasteiger partial charge < -0.3 is 0 Å². The quantitative estimate of drug-likeness (QED) is 0.788. The molecule has 102 valence electrons. The summed E-state index contributed by atoms with van der Waals surface area (Å²) in [6.45, 7) is 0. The van der Waals surface area contributed by atoms with Crippen LogP contribution >= 0.6 is 0 Å². The zero-order chi connectivity index (χ0) is 14.2. The van der Waals surface area contributed by atoms with Gasteiger partial charge in [-0.1, -0.05) is 12.1 Å². The second kappa shape index (κ2) is 4.89. The first kappa shape index (κ1) is 13.1. The van der Waals surface area contributed by atoms with E-state index in [1.54, 1.807) is 6.07 Å². The molecule has 2 radical (unpaired) electrons. The standard InChI is InChI=1S/C15H11F3N2/c16-15(17,18)13-7-8-19-14(20-13)12-6-5-10-3-1-2-4-11(10)9-12/h5-9H,1-3H2. The highest BCUT2D eigenvalue weighted by atomic mass is 19.4. The molecule has 0 aliphatic heterocycles. The molecule has 0 unspecified atom stereocenters. The third-order valence-corrected chi connectivity index (χ3v) is 3.25. The van der Waals surface area contributed by atoms with Crippen molar-refractivity contribution in [3.8, 4) is 11.4 Å². The van der Waals surface area contributed by atoms with Gasteiger partial charge in [-0.3, -0.25) is 0 Å². The van der Waals surface area contributed by atoms with Crippen LogP contribution in [0.2, 0.25) is 0 Å². The average Bonchev–Trinajstić information content (AvgIpc) is 2.46. The molecule has 1 aliphatic carbocycles. The molecule has 5 heteroatoms. The van der Waals surface area contributed by atoms with Crippen molar-refractivity contribution in [3.05, 3.63) is 53.7 Å². The van der Waals surface area contributed by atoms with Crippen molar-refractivity contribution in [2.75, 3.05) is 0 Å². The molecule has 1 aliphatic rings. The van der Waals surface area contributed by atoms with Crippen LogP contribution in [0.4, 0.5) is 13.2 Å². The molecule has 0 fully saturated rings. The zero-order valence-electron chi connectivity index (χ0n) is 10.5. The van der Waals surface area contributed by atoms with Crippen LogP contribution in [0, 0.1) is 6.42 Å². The summed E-state index contributed by atoms with van der Waals surface area (Å²) in [5.41, 5.74) is 1.79. The van der Waals surface area contributed by atoms with Gasteiger partial charge in [-0.15, -0.1) is 0 Å². The molecule has 0 saturated carbocycles. The van der Waals surface area contributed by atoms with Crippen molar-refractivity contribution in [1.29, 1.82) is 0 Å². The fourth-order valence-corrected chi connectivity index (χ4v) is 2.26. The van der Waals surface area contributed by atoms with Crippen LogP contribution in [-0.4, -0.2) is 9.97 Å². The maximum atomic E-state index is 12.7. The number of aromatic nitrogens is 2. The molecule has 3 rings (SSSR count). The summed E-state index contributed by atoms with van der Waals surface area (Å²) in [6.07, 6.45) is 2.84. The normalized spacial score (nSPS) is 14.9. The average molecular weight is 276 g/mol. The van der Waals surface area contributed by atoms with Crippen molar-refractivity contribution in [1.82, 2.24) is 9.97 Å². The van der Waals surface area contributed by atoms with Crippen LogP contribution in [0.25, 0.3) is 11.4 Å². The van der Waals surface area contributed by atoms with Gasteiger partial charge in [0, 0.05) is 18.2 Å². The van der Waals surface area contributed by atoms with Crippen molar-refractivity contribution < 1.29 is 13.2 Å². The minimum absolute atomic E-state index is 0.0926. The molecule has 0 N–H and O–H groups in total. The summed E-state index contributed by atoms with van der Waals surface area (Å²) < 4.78 is 38.0. The molecular weight excluding hydrogens is 265 g/mol. The van der Waals surface area contributed by atoms with Gasteiger partial charge in [-0.25, -0.2) is 9.97 Å². The fourth-order valence-electron chi connectivity index (χ4n) is 2.26. The van der Waals surface area contributed by atoms with E-state index in [1.807, 2.05) is 12.1 Å². The number of hydrogen-bond donors (Lipinski definition) is 0.